The van der Waals surface area contributed by atoms with Gasteiger partial charge in [-0.15, -0.1) is 0 Å². The van der Waals surface area contributed by atoms with E-state index in [1.807, 2.05) is 0 Å². The average Bonchev–Trinajstić information content (AvgIpc) is 2.27. The highest BCUT2D eigenvalue weighted by Gasteiger charge is 2.29. The third kappa shape index (κ3) is 4.17. The second kappa shape index (κ2) is 5.55. The van der Waals surface area contributed by atoms with Crippen LogP contribution in [-0.4, -0.2) is 28.3 Å². The molecule has 0 aromatic heterocycles. The lowest BCUT2D eigenvalue weighted by Crippen LogP contribution is -2.29. The maximum absolute atomic E-state index is 11.8. The molecule has 1 aromatic rings. The highest BCUT2D eigenvalue weighted by atomic mass is 32.2. The Morgan fingerprint density at radius 1 is 1.28 bits per heavy atom. The highest BCUT2D eigenvalue weighted by molar-refractivity contribution is 7.89. The second-order valence-electron chi connectivity index (χ2n) is 3.14. The largest absolute Gasteiger partial charge is 0.495 e. The average molecular weight is 285 g/mol. The van der Waals surface area contributed by atoms with Gasteiger partial charge in [0.1, 0.15) is 10.6 Å². The smallest absolute Gasteiger partial charge is 0.413 e. The van der Waals surface area contributed by atoms with Gasteiger partial charge in [0.05, 0.1) is 7.11 Å². The van der Waals surface area contributed by atoms with E-state index in [0.717, 1.165) is 0 Å². The summed E-state index contributed by atoms with van der Waals surface area (Å²) >= 11 is 0. The third-order valence-electron chi connectivity index (χ3n) is 1.76. The molecule has 0 radical (unpaired) electrons. The maximum Gasteiger partial charge on any atom is 0.413 e. The lowest BCUT2D eigenvalue weighted by Gasteiger charge is -2.11. The van der Waals surface area contributed by atoms with Gasteiger partial charge in [0.25, 0.3) is 10.0 Å². The zero-order chi connectivity index (χ0) is 13.8. The Balaban J connectivity index is 2.81. The SMILES string of the molecule is COc1ccccc1S(=O)(=O)NOCC(F)(F)F. The van der Waals surface area contributed by atoms with E-state index in [0.29, 0.717) is 0 Å². The fraction of sp³-hybridized carbons (Fsp3) is 0.333. The molecule has 0 heterocycles. The Bertz CT molecular complexity index is 501. The summed E-state index contributed by atoms with van der Waals surface area (Å²) in [5.41, 5.74) is 0. The molecule has 1 rings (SSSR count). The number of methoxy groups -OCH3 is 1. The number of halogens is 3. The Kier molecular flexibility index (Phi) is 4.54. The second-order valence-corrected chi connectivity index (χ2v) is 4.75. The van der Waals surface area contributed by atoms with Crippen molar-refractivity contribution in [3.63, 3.8) is 0 Å². The van der Waals surface area contributed by atoms with Crippen molar-refractivity contribution in [1.29, 1.82) is 0 Å². The predicted molar refractivity (Wildman–Crippen MR) is 55.3 cm³/mol. The van der Waals surface area contributed by atoms with E-state index in [1.165, 1.54) is 36.3 Å². The molecule has 0 saturated carbocycles. The van der Waals surface area contributed by atoms with Crippen LogP contribution in [0.1, 0.15) is 0 Å². The van der Waals surface area contributed by atoms with Gasteiger partial charge < -0.3 is 4.74 Å². The normalized spacial score (nSPS) is 12.4. The molecule has 0 saturated heterocycles. The van der Waals surface area contributed by atoms with Crippen LogP contribution in [-0.2, 0) is 14.9 Å². The number of sulfonamides is 1. The molecule has 9 heteroatoms. The first-order valence-corrected chi connectivity index (χ1v) is 6.08. The van der Waals surface area contributed by atoms with Crippen LogP contribution < -0.4 is 9.62 Å². The molecule has 18 heavy (non-hydrogen) atoms. The quantitative estimate of drug-likeness (QED) is 0.832. The van der Waals surface area contributed by atoms with Crippen molar-refractivity contribution >= 4 is 10.0 Å². The molecule has 0 bridgehead atoms. The Morgan fingerprint density at radius 2 is 1.89 bits per heavy atom. The standard InChI is InChI=1S/C9H10F3NO4S/c1-16-7-4-2-3-5-8(7)18(14,15)13-17-6-9(10,11)12/h2-5,13H,6H2,1H3. The van der Waals surface area contributed by atoms with Crippen LogP contribution in [0.2, 0.25) is 0 Å². The van der Waals surface area contributed by atoms with Crippen molar-refractivity contribution in [3.8, 4) is 5.75 Å². The van der Waals surface area contributed by atoms with E-state index >= 15 is 0 Å². The molecule has 0 spiro atoms. The lowest BCUT2D eigenvalue weighted by molar-refractivity contribution is -0.181. The predicted octanol–water partition coefficient (Wildman–Crippen LogP) is 1.47. The molecule has 0 fully saturated rings. The number of alkyl halides is 3. The van der Waals surface area contributed by atoms with Gasteiger partial charge in [0.15, 0.2) is 6.61 Å². The van der Waals surface area contributed by atoms with Gasteiger partial charge >= 0.3 is 6.18 Å². The summed E-state index contributed by atoms with van der Waals surface area (Å²) in [6.07, 6.45) is -4.62. The minimum Gasteiger partial charge on any atom is -0.495 e. The molecular formula is C9H10F3NO4S. The molecule has 0 aliphatic heterocycles. The summed E-state index contributed by atoms with van der Waals surface area (Å²) in [4.78, 5) is 4.97. The van der Waals surface area contributed by atoms with Crippen molar-refractivity contribution in [2.24, 2.45) is 0 Å². The van der Waals surface area contributed by atoms with Gasteiger partial charge in [-0.1, -0.05) is 17.0 Å². The first kappa shape index (κ1) is 14.7. The first-order chi connectivity index (χ1) is 8.26. The third-order valence-corrected chi connectivity index (χ3v) is 3.02. The topological polar surface area (TPSA) is 64.6 Å². The van der Waals surface area contributed by atoms with Crippen LogP contribution in [0.4, 0.5) is 13.2 Å². The van der Waals surface area contributed by atoms with E-state index in [9.17, 15) is 21.6 Å². The van der Waals surface area contributed by atoms with Crippen LogP contribution in [0.15, 0.2) is 29.2 Å². The number of hydrogen-bond acceptors (Lipinski definition) is 4. The van der Waals surface area contributed by atoms with Crippen LogP contribution in [0.5, 0.6) is 5.75 Å². The molecule has 0 unspecified atom stereocenters. The number of ether oxygens (including phenoxy) is 1. The van der Waals surface area contributed by atoms with Gasteiger partial charge in [-0.2, -0.15) is 13.2 Å². The summed E-state index contributed by atoms with van der Waals surface area (Å²) in [7, 11) is -2.98. The minimum absolute atomic E-state index is 0.000564. The Hall–Kier alpha value is -1.32. The monoisotopic (exact) mass is 285 g/mol. The van der Waals surface area contributed by atoms with Crippen molar-refractivity contribution in [2.75, 3.05) is 13.7 Å². The number of nitrogens with one attached hydrogen (secondary N) is 1. The minimum atomic E-state index is -4.62. The lowest BCUT2D eigenvalue weighted by atomic mass is 10.3. The van der Waals surface area contributed by atoms with E-state index in [-0.39, 0.29) is 10.6 Å². The van der Waals surface area contributed by atoms with Crippen molar-refractivity contribution in [1.82, 2.24) is 4.89 Å². The summed E-state index contributed by atoms with van der Waals surface area (Å²) < 4.78 is 63.4. The summed E-state index contributed by atoms with van der Waals surface area (Å²) in [5.74, 6) is 0.000564. The maximum atomic E-state index is 11.8. The van der Waals surface area contributed by atoms with Crippen LogP contribution >= 0.6 is 0 Å². The van der Waals surface area contributed by atoms with E-state index < -0.39 is 22.8 Å². The zero-order valence-electron chi connectivity index (χ0n) is 9.19. The van der Waals surface area contributed by atoms with Gasteiger partial charge in [0, 0.05) is 0 Å². The molecule has 0 amide bonds. The van der Waals surface area contributed by atoms with Crippen molar-refractivity contribution in [2.45, 2.75) is 11.1 Å². The molecule has 0 aliphatic carbocycles. The fourth-order valence-corrected chi connectivity index (χ4v) is 2.05. The van der Waals surface area contributed by atoms with E-state index in [4.69, 9.17) is 4.74 Å². The first-order valence-electron chi connectivity index (χ1n) is 4.59. The Labute approximate surface area is 102 Å². The Morgan fingerprint density at radius 3 is 2.44 bits per heavy atom. The van der Waals surface area contributed by atoms with Gasteiger partial charge in [-0.25, -0.2) is 8.42 Å². The molecule has 1 N–H and O–H groups in total. The molecular weight excluding hydrogens is 275 g/mol. The van der Waals surface area contributed by atoms with Crippen molar-refractivity contribution < 1.29 is 31.2 Å². The van der Waals surface area contributed by atoms with Crippen molar-refractivity contribution in [3.05, 3.63) is 24.3 Å². The van der Waals surface area contributed by atoms with Gasteiger partial charge in [-0.3, -0.25) is 4.84 Å². The summed E-state index contributed by atoms with van der Waals surface area (Å²) in [6.45, 7) is -1.72. The van der Waals surface area contributed by atoms with Crippen LogP contribution in [0.25, 0.3) is 0 Å². The van der Waals surface area contributed by atoms with E-state index in [2.05, 4.69) is 4.84 Å². The molecule has 1 aromatic carbocycles. The number of benzene rings is 1. The number of hydrogen-bond donors (Lipinski definition) is 1. The summed E-state index contributed by atoms with van der Waals surface area (Å²) in [6, 6.07) is 5.46. The van der Waals surface area contributed by atoms with Gasteiger partial charge in [-0.05, 0) is 12.1 Å². The number of para-hydroxylation sites is 1. The van der Waals surface area contributed by atoms with E-state index in [1.54, 1.807) is 0 Å². The molecule has 0 aliphatic rings. The summed E-state index contributed by atoms with van der Waals surface area (Å²) in [5, 5.41) is 0. The zero-order valence-corrected chi connectivity index (χ0v) is 10.0. The van der Waals surface area contributed by atoms with Crippen LogP contribution in [0, 0.1) is 0 Å². The molecule has 102 valence electrons. The fourth-order valence-electron chi connectivity index (χ4n) is 1.07. The number of rotatable bonds is 5. The van der Waals surface area contributed by atoms with Crippen LogP contribution in [0.3, 0.4) is 0 Å². The van der Waals surface area contributed by atoms with Gasteiger partial charge in [0.2, 0.25) is 0 Å². The highest BCUT2D eigenvalue weighted by Crippen LogP contribution is 2.22. The molecule has 0 atom stereocenters. The molecule has 5 nitrogen and oxygen atoms in total.